The third-order valence-corrected chi connectivity index (χ3v) is 4.43. The Morgan fingerprint density at radius 3 is 2.89 bits per heavy atom. The number of piperidine rings is 1. The van der Waals surface area contributed by atoms with Crippen molar-refractivity contribution in [2.45, 2.75) is 57.7 Å². The summed E-state index contributed by atoms with van der Waals surface area (Å²) in [6.07, 6.45) is 5.27. The Labute approximate surface area is 125 Å². The number of hydrogen-bond acceptors (Lipinski definition) is 2. The summed E-state index contributed by atoms with van der Waals surface area (Å²) >= 11 is 3.54. The number of halogens is 1. The molecule has 1 fully saturated rings. The lowest BCUT2D eigenvalue weighted by atomic mass is 9.98. The quantitative estimate of drug-likeness (QED) is 0.854. The van der Waals surface area contributed by atoms with Gasteiger partial charge in [0.15, 0.2) is 0 Å². The van der Waals surface area contributed by atoms with Crippen LogP contribution in [0.1, 0.15) is 51.1 Å². The van der Waals surface area contributed by atoms with E-state index in [1.807, 2.05) is 0 Å². The van der Waals surface area contributed by atoms with Gasteiger partial charge < -0.3 is 10.6 Å². The van der Waals surface area contributed by atoms with E-state index in [4.69, 9.17) is 0 Å². The molecule has 0 amide bonds. The van der Waals surface area contributed by atoms with Gasteiger partial charge in [0.25, 0.3) is 0 Å². The van der Waals surface area contributed by atoms with E-state index in [1.54, 1.807) is 0 Å². The maximum Gasteiger partial charge on any atom is 0.0294 e. The average molecular weight is 325 g/mol. The molecule has 2 unspecified atom stereocenters. The second-order valence-corrected chi connectivity index (χ2v) is 6.64. The second kappa shape index (κ2) is 7.41. The number of hydrogen-bond donors (Lipinski definition) is 2. The summed E-state index contributed by atoms with van der Waals surface area (Å²) in [4.78, 5) is 0. The first-order chi connectivity index (χ1) is 9.15. The maximum absolute atomic E-state index is 3.71. The highest BCUT2D eigenvalue weighted by atomic mass is 79.9. The van der Waals surface area contributed by atoms with Crippen LogP contribution < -0.4 is 10.6 Å². The molecule has 2 rings (SSSR count). The van der Waals surface area contributed by atoms with Gasteiger partial charge in [-0.3, -0.25) is 0 Å². The molecule has 0 spiro atoms. The highest BCUT2D eigenvalue weighted by Gasteiger charge is 2.17. The first-order valence-corrected chi connectivity index (χ1v) is 8.19. The van der Waals surface area contributed by atoms with Gasteiger partial charge in [0, 0.05) is 22.6 Å². The number of rotatable bonds is 5. The van der Waals surface area contributed by atoms with E-state index in [0.29, 0.717) is 18.1 Å². The fraction of sp³-hybridized carbons (Fsp3) is 0.625. The molecule has 1 saturated heterocycles. The minimum absolute atomic E-state index is 0.399. The van der Waals surface area contributed by atoms with Gasteiger partial charge in [-0.15, -0.1) is 0 Å². The fourth-order valence-corrected chi connectivity index (χ4v) is 3.34. The zero-order valence-corrected chi connectivity index (χ0v) is 13.5. The van der Waals surface area contributed by atoms with Crippen LogP contribution in [-0.4, -0.2) is 18.6 Å². The van der Waals surface area contributed by atoms with Gasteiger partial charge >= 0.3 is 0 Å². The molecule has 0 radical (unpaired) electrons. The van der Waals surface area contributed by atoms with Crippen molar-refractivity contribution >= 4 is 15.9 Å². The van der Waals surface area contributed by atoms with Crippen molar-refractivity contribution in [1.29, 1.82) is 0 Å². The van der Waals surface area contributed by atoms with E-state index in [0.717, 1.165) is 4.47 Å². The van der Waals surface area contributed by atoms with Gasteiger partial charge in [-0.1, -0.05) is 34.5 Å². The van der Waals surface area contributed by atoms with Crippen molar-refractivity contribution in [2.24, 2.45) is 0 Å². The average Bonchev–Trinajstić information content (AvgIpc) is 2.39. The summed E-state index contributed by atoms with van der Waals surface area (Å²) < 4.78 is 1.15. The van der Waals surface area contributed by atoms with Crippen LogP contribution in [0.5, 0.6) is 0 Å². The van der Waals surface area contributed by atoms with Crippen molar-refractivity contribution in [3.05, 3.63) is 34.3 Å². The standard InChI is InChI=1S/C16H25BrN2/c1-12(10-16-8-3-4-9-18-16)19-13(2)14-6-5-7-15(17)11-14/h5-7,11-13,16,18-19H,3-4,8-10H2,1-2H3/t12?,13-,16?/m0/s1. The summed E-state index contributed by atoms with van der Waals surface area (Å²) in [6.45, 7) is 5.73. The highest BCUT2D eigenvalue weighted by molar-refractivity contribution is 9.10. The molecule has 0 aromatic heterocycles. The van der Waals surface area contributed by atoms with E-state index < -0.39 is 0 Å². The van der Waals surface area contributed by atoms with Crippen LogP contribution in [0, 0.1) is 0 Å². The third kappa shape index (κ3) is 4.90. The molecular formula is C16H25BrN2. The molecule has 0 aliphatic carbocycles. The first-order valence-electron chi connectivity index (χ1n) is 7.40. The Balaban J connectivity index is 1.82. The SMILES string of the molecule is CC(CC1CCCCN1)N[C@@H](C)c1cccc(Br)c1. The van der Waals surface area contributed by atoms with Crippen LogP contribution >= 0.6 is 15.9 Å². The zero-order chi connectivity index (χ0) is 13.7. The van der Waals surface area contributed by atoms with Gasteiger partial charge in [-0.25, -0.2) is 0 Å². The van der Waals surface area contributed by atoms with Crippen molar-refractivity contribution in [2.75, 3.05) is 6.54 Å². The maximum atomic E-state index is 3.71. The van der Waals surface area contributed by atoms with E-state index in [9.17, 15) is 0 Å². The van der Waals surface area contributed by atoms with Crippen LogP contribution in [0.2, 0.25) is 0 Å². The van der Waals surface area contributed by atoms with E-state index in [2.05, 4.69) is 64.7 Å². The molecular weight excluding hydrogens is 300 g/mol. The van der Waals surface area contributed by atoms with E-state index in [1.165, 1.54) is 37.8 Å². The lowest BCUT2D eigenvalue weighted by Crippen LogP contribution is -2.40. The molecule has 0 saturated carbocycles. The number of benzene rings is 1. The van der Waals surface area contributed by atoms with Crippen LogP contribution in [0.4, 0.5) is 0 Å². The Hall–Kier alpha value is -0.380. The van der Waals surface area contributed by atoms with Crippen LogP contribution in [-0.2, 0) is 0 Å². The van der Waals surface area contributed by atoms with E-state index >= 15 is 0 Å². The summed E-state index contributed by atoms with van der Waals surface area (Å²) in [5.41, 5.74) is 1.35. The largest absolute Gasteiger partial charge is 0.314 e. The van der Waals surface area contributed by atoms with Crippen LogP contribution in [0.25, 0.3) is 0 Å². The predicted octanol–water partition coefficient (Wildman–Crippen LogP) is 4.02. The van der Waals surface area contributed by atoms with Crippen molar-refractivity contribution in [3.63, 3.8) is 0 Å². The third-order valence-electron chi connectivity index (χ3n) is 3.93. The van der Waals surface area contributed by atoms with Crippen molar-refractivity contribution in [1.82, 2.24) is 10.6 Å². The molecule has 19 heavy (non-hydrogen) atoms. The monoisotopic (exact) mass is 324 g/mol. The molecule has 0 bridgehead atoms. The zero-order valence-electron chi connectivity index (χ0n) is 12.0. The molecule has 1 aliphatic rings. The minimum Gasteiger partial charge on any atom is -0.314 e. The second-order valence-electron chi connectivity index (χ2n) is 5.73. The molecule has 3 heteroatoms. The smallest absolute Gasteiger partial charge is 0.0294 e. The summed E-state index contributed by atoms with van der Waals surface area (Å²) in [7, 11) is 0. The minimum atomic E-state index is 0.399. The Kier molecular flexibility index (Phi) is 5.86. The summed E-state index contributed by atoms with van der Waals surface area (Å²) in [5.74, 6) is 0. The van der Waals surface area contributed by atoms with Crippen molar-refractivity contribution in [3.8, 4) is 0 Å². The van der Waals surface area contributed by atoms with Crippen molar-refractivity contribution < 1.29 is 0 Å². The highest BCUT2D eigenvalue weighted by Crippen LogP contribution is 2.19. The fourth-order valence-electron chi connectivity index (χ4n) is 2.92. The molecule has 1 aliphatic heterocycles. The molecule has 2 nitrogen and oxygen atoms in total. The predicted molar refractivity (Wildman–Crippen MR) is 85.4 cm³/mol. The molecule has 1 aromatic rings. The first kappa shape index (κ1) is 15.0. The van der Waals surface area contributed by atoms with Gasteiger partial charge in [-0.05, 0) is 57.4 Å². The number of nitrogens with one attached hydrogen (secondary N) is 2. The lowest BCUT2D eigenvalue weighted by Gasteiger charge is -2.28. The Morgan fingerprint density at radius 1 is 1.37 bits per heavy atom. The van der Waals surface area contributed by atoms with Gasteiger partial charge in [-0.2, -0.15) is 0 Å². The Morgan fingerprint density at radius 2 is 2.21 bits per heavy atom. The van der Waals surface area contributed by atoms with Gasteiger partial charge in [0.2, 0.25) is 0 Å². The molecule has 3 atom stereocenters. The van der Waals surface area contributed by atoms with Gasteiger partial charge in [0.1, 0.15) is 0 Å². The van der Waals surface area contributed by atoms with Gasteiger partial charge in [0.05, 0.1) is 0 Å². The summed E-state index contributed by atoms with van der Waals surface area (Å²) in [6, 6.07) is 10.2. The van der Waals surface area contributed by atoms with Crippen LogP contribution in [0.15, 0.2) is 28.7 Å². The molecule has 2 N–H and O–H groups in total. The summed E-state index contributed by atoms with van der Waals surface area (Å²) in [5, 5.41) is 7.33. The topological polar surface area (TPSA) is 24.1 Å². The van der Waals surface area contributed by atoms with Crippen LogP contribution in [0.3, 0.4) is 0 Å². The normalized spacial score (nSPS) is 23.0. The molecule has 1 heterocycles. The Bertz CT molecular complexity index is 388. The molecule has 106 valence electrons. The van der Waals surface area contributed by atoms with E-state index in [-0.39, 0.29) is 0 Å². The lowest BCUT2D eigenvalue weighted by molar-refractivity contribution is 0.334. The molecule has 1 aromatic carbocycles.